The monoisotopic (exact) mass is 277 g/mol. The van der Waals surface area contributed by atoms with Gasteiger partial charge < -0.3 is 15.5 Å². The lowest BCUT2D eigenvalue weighted by molar-refractivity contribution is 0.240. The Morgan fingerprint density at radius 2 is 2.15 bits per heavy atom. The molecule has 4 nitrogen and oxygen atoms in total. The quantitative estimate of drug-likeness (QED) is 0.810. The molecule has 0 radical (unpaired) electrons. The minimum absolute atomic E-state index is 0.162. The van der Waals surface area contributed by atoms with E-state index in [-0.39, 0.29) is 11.8 Å². The van der Waals surface area contributed by atoms with Gasteiger partial charge in [0.1, 0.15) is 5.82 Å². The summed E-state index contributed by atoms with van der Waals surface area (Å²) in [6.45, 7) is 6.49. The molecule has 0 aromatic heterocycles. The Labute approximate surface area is 118 Å². The molecule has 1 saturated heterocycles. The van der Waals surface area contributed by atoms with E-state index in [1.54, 1.807) is 18.2 Å². The van der Waals surface area contributed by atoms with Crippen LogP contribution in [0.1, 0.15) is 6.42 Å². The largest absolute Gasteiger partial charge is 0.371 e. The fourth-order valence-electron chi connectivity index (χ4n) is 2.35. The standard InChI is InChI=1S/C15H20FN3O/c1-2-8-17-15(20)18-10-12-7-9-19(11-12)14-5-3-13(16)4-6-14/h2-6,12H,1,7-11H2,(H2,17,18,20). The average molecular weight is 277 g/mol. The molecule has 5 heteroatoms. The lowest BCUT2D eigenvalue weighted by atomic mass is 10.1. The first-order chi connectivity index (χ1) is 9.69. The molecule has 1 aromatic rings. The van der Waals surface area contributed by atoms with Crippen molar-refractivity contribution in [2.45, 2.75) is 6.42 Å². The number of nitrogens with zero attached hydrogens (tertiary/aromatic N) is 1. The van der Waals surface area contributed by atoms with E-state index in [1.165, 1.54) is 12.1 Å². The number of carbonyl (C=O) groups is 1. The second kappa shape index (κ2) is 6.93. The number of hydrogen-bond donors (Lipinski definition) is 2. The smallest absolute Gasteiger partial charge is 0.315 e. The van der Waals surface area contributed by atoms with Crippen LogP contribution >= 0.6 is 0 Å². The Kier molecular flexibility index (Phi) is 4.98. The zero-order valence-corrected chi connectivity index (χ0v) is 11.4. The number of halogens is 1. The number of nitrogens with one attached hydrogen (secondary N) is 2. The van der Waals surface area contributed by atoms with Crippen LogP contribution < -0.4 is 15.5 Å². The molecule has 1 aromatic carbocycles. The molecule has 0 bridgehead atoms. The first-order valence-corrected chi connectivity index (χ1v) is 6.82. The molecule has 2 rings (SSSR count). The highest BCUT2D eigenvalue weighted by molar-refractivity contribution is 5.73. The van der Waals surface area contributed by atoms with Crippen LogP contribution in [0.3, 0.4) is 0 Å². The highest BCUT2D eigenvalue weighted by Gasteiger charge is 2.22. The molecule has 1 unspecified atom stereocenters. The van der Waals surface area contributed by atoms with Gasteiger partial charge in [-0.3, -0.25) is 0 Å². The third-order valence-electron chi connectivity index (χ3n) is 3.44. The minimum atomic E-state index is -0.218. The summed E-state index contributed by atoms with van der Waals surface area (Å²) in [5.74, 6) is 0.208. The van der Waals surface area contributed by atoms with Gasteiger partial charge in [-0.2, -0.15) is 0 Å². The predicted molar refractivity (Wildman–Crippen MR) is 78.3 cm³/mol. The van der Waals surface area contributed by atoms with Crippen molar-refractivity contribution >= 4 is 11.7 Å². The summed E-state index contributed by atoms with van der Waals surface area (Å²) >= 11 is 0. The van der Waals surface area contributed by atoms with Crippen LogP contribution in [-0.2, 0) is 0 Å². The number of carbonyl (C=O) groups excluding carboxylic acids is 1. The van der Waals surface area contributed by atoms with Crippen molar-refractivity contribution in [1.29, 1.82) is 0 Å². The topological polar surface area (TPSA) is 44.4 Å². The van der Waals surface area contributed by atoms with Crippen molar-refractivity contribution in [3.63, 3.8) is 0 Å². The highest BCUT2D eigenvalue weighted by atomic mass is 19.1. The van der Waals surface area contributed by atoms with Crippen molar-refractivity contribution in [3.05, 3.63) is 42.7 Å². The van der Waals surface area contributed by atoms with Crippen LogP contribution in [-0.4, -0.2) is 32.2 Å². The highest BCUT2D eigenvalue weighted by Crippen LogP contribution is 2.23. The summed E-state index contributed by atoms with van der Waals surface area (Å²) < 4.78 is 12.9. The summed E-state index contributed by atoms with van der Waals surface area (Å²) in [5.41, 5.74) is 1.03. The van der Waals surface area contributed by atoms with E-state index in [4.69, 9.17) is 0 Å². The van der Waals surface area contributed by atoms with Gasteiger partial charge in [0.2, 0.25) is 0 Å². The zero-order chi connectivity index (χ0) is 14.4. The van der Waals surface area contributed by atoms with E-state index in [1.807, 2.05) is 0 Å². The number of amides is 2. The Morgan fingerprint density at radius 1 is 1.40 bits per heavy atom. The molecule has 1 heterocycles. The van der Waals surface area contributed by atoms with Crippen LogP contribution in [0, 0.1) is 11.7 Å². The summed E-state index contributed by atoms with van der Waals surface area (Å²) in [6.07, 6.45) is 2.67. The van der Waals surface area contributed by atoms with Gasteiger partial charge in [-0.1, -0.05) is 6.08 Å². The maximum Gasteiger partial charge on any atom is 0.315 e. The van der Waals surface area contributed by atoms with Gasteiger partial charge in [0, 0.05) is 31.9 Å². The second-order valence-corrected chi connectivity index (χ2v) is 4.96. The molecular formula is C15H20FN3O. The Hall–Kier alpha value is -2.04. The lowest BCUT2D eigenvalue weighted by Gasteiger charge is -2.18. The summed E-state index contributed by atoms with van der Waals surface area (Å²) in [6, 6.07) is 6.38. The molecule has 0 spiro atoms. The van der Waals surface area contributed by atoms with Crippen LogP contribution in [0.5, 0.6) is 0 Å². The lowest BCUT2D eigenvalue weighted by Crippen LogP contribution is -2.38. The van der Waals surface area contributed by atoms with Crippen molar-refractivity contribution in [2.24, 2.45) is 5.92 Å². The summed E-state index contributed by atoms with van der Waals surface area (Å²) in [7, 11) is 0. The molecular weight excluding hydrogens is 257 g/mol. The van der Waals surface area contributed by atoms with E-state index in [0.717, 1.165) is 25.2 Å². The third-order valence-corrected chi connectivity index (χ3v) is 3.44. The fourth-order valence-corrected chi connectivity index (χ4v) is 2.35. The van der Waals surface area contributed by atoms with Gasteiger partial charge in [0.15, 0.2) is 0 Å². The summed E-state index contributed by atoms with van der Waals surface area (Å²) in [4.78, 5) is 13.6. The van der Waals surface area contributed by atoms with Crippen molar-refractivity contribution < 1.29 is 9.18 Å². The van der Waals surface area contributed by atoms with E-state index in [9.17, 15) is 9.18 Å². The number of urea groups is 1. The number of rotatable bonds is 5. The van der Waals surface area contributed by atoms with Crippen LogP contribution in [0.15, 0.2) is 36.9 Å². The Morgan fingerprint density at radius 3 is 2.85 bits per heavy atom. The molecule has 20 heavy (non-hydrogen) atoms. The number of anilines is 1. The molecule has 0 aliphatic carbocycles. The molecule has 1 aliphatic rings. The summed E-state index contributed by atoms with van der Waals surface area (Å²) in [5, 5.41) is 5.54. The van der Waals surface area contributed by atoms with E-state index in [0.29, 0.717) is 19.0 Å². The van der Waals surface area contributed by atoms with E-state index >= 15 is 0 Å². The van der Waals surface area contributed by atoms with Gasteiger partial charge in [0.05, 0.1) is 0 Å². The van der Waals surface area contributed by atoms with Crippen molar-refractivity contribution in [3.8, 4) is 0 Å². The minimum Gasteiger partial charge on any atom is -0.371 e. The van der Waals surface area contributed by atoms with Gasteiger partial charge >= 0.3 is 6.03 Å². The molecule has 2 amide bonds. The maximum atomic E-state index is 12.9. The molecule has 1 aliphatic heterocycles. The van der Waals surface area contributed by atoms with E-state index < -0.39 is 0 Å². The first kappa shape index (κ1) is 14.4. The molecule has 1 fully saturated rings. The second-order valence-electron chi connectivity index (χ2n) is 4.96. The van der Waals surface area contributed by atoms with Gasteiger partial charge in [-0.25, -0.2) is 9.18 Å². The molecule has 2 N–H and O–H groups in total. The fraction of sp³-hybridized carbons (Fsp3) is 0.400. The van der Waals surface area contributed by atoms with Gasteiger partial charge in [0.25, 0.3) is 0 Å². The maximum absolute atomic E-state index is 12.9. The SMILES string of the molecule is C=CCNC(=O)NCC1CCN(c2ccc(F)cc2)C1. The van der Waals surface area contributed by atoms with Crippen molar-refractivity contribution in [2.75, 3.05) is 31.1 Å². The molecule has 1 atom stereocenters. The molecule has 0 saturated carbocycles. The third kappa shape index (κ3) is 3.98. The Balaban J connectivity index is 1.76. The first-order valence-electron chi connectivity index (χ1n) is 6.82. The van der Waals surface area contributed by atoms with Crippen LogP contribution in [0.4, 0.5) is 14.9 Å². The molecule has 108 valence electrons. The van der Waals surface area contributed by atoms with Crippen LogP contribution in [0.25, 0.3) is 0 Å². The van der Waals surface area contributed by atoms with E-state index in [2.05, 4.69) is 22.1 Å². The predicted octanol–water partition coefficient (Wildman–Crippen LogP) is 2.14. The normalized spacial score (nSPS) is 17.9. The number of benzene rings is 1. The van der Waals surface area contributed by atoms with Gasteiger partial charge in [-0.15, -0.1) is 6.58 Å². The number of hydrogen-bond acceptors (Lipinski definition) is 2. The van der Waals surface area contributed by atoms with Gasteiger partial charge in [-0.05, 0) is 36.6 Å². The van der Waals surface area contributed by atoms with Crippen molar-refractivity contribution in [1.82, 2.24) is 10.6 Å². The average Bonchev–Trinajstić information content (AvgIpc) is 2.92. The Bertz CT molecular complexity index is 461. The zero-order valence-electron chi connectivity index (χ0n) is 11.4. The van der Waals surface area contributed by atoms with Crippen LogP contribution in [0.2, 0.25) is 0 Å².